The van der Waals surface area contributed by atoms with Gasteiger partial charge in [0.1, 0.15) is 4.90 Å². The summed E-state index contributed by atoms with van der Waals surface area (Å²) in [6.07, 6.45) is -0.387. The molecule has 1 heterocycles. The Morgan fingerprint density at radius 2 is 2.19 bits per heavy atom. The molecule has 0 amide bonds. The van der Waals surface area contributed by atoms with Gasteiger partial charge in [-0.25, -0.2) is 19.0 Å². The molecule has 0 aliphatic carbocycles. The number of aryl methyl sites for hydroxylation is 2. The lowest BCUT2D eigenvalue weighted by molar-refractivity contribution is 0.0702. The van der Waals surface area contributed by atoms with Crippen LogP contribution >= 0.6 is 0 Å². The van der Waals surface area contributed by atoms with Crippen LogP contribution in [0.25, 0.3) is 0 Å². The third-order valence-electron chi connectivity index (χ3n) is 2.12. The number of aromatic nitrogens is 2. The SMILES string of the molecule is Cc1n[nH]c(C)c1S(=O)(=O)NCC(C)ON. The number of hydrogen-bond donors (Lipinski definition) is 3. The van der Waals surface area contributed by atoms with E-state index in [1.807, 2.05) is 0 Å². The van der Waals surface area contributed by atoms with E-state index < -0.39 is 10.0 Å². The van der Waals surface area contributed by atoms with Crippen LogP contribution in [0.4, 0.5) is 0 Å². The topological polar surface area (TPSA) is 110 Å². The minimum absolute atomic E-state index is 0.114. The Morgan fingerprint density at radius 1 is 1.56 bits per heavy atom. The van der Waals surface area contributed by atoms with Gasteiger partial charge in [-0.3, -0.25) is 5.10 Å². The molecule has 1 aromatic heterocycles. The molecule has 0 saturated heterocycles. The molecule has 0 fully saturated rings. The van der Waals surface area contributed by atoms with E-state index in [-0.39, 0.29) is 17.5 Å². The van der Waals surface area contributed by atoms with E-state index in [1.54, 1.807) is 20.8 Å². The summed E-state index contributed by atoms with van der Waals surface area (Å²) in [6.45, 7) is 5.05. The zero-order valence-corrected chi connectivity index (χ0v) is 10.3. The Bertz CT molecular complexity index is 434. The second-order valence-corrected chi connectivity index (χ2v) is 5.27. The van der Waals surface area contributed by atoms with E-state index in [4.69, 9.17) is 5.90 Å². The minimum atomic E-state index is -3.56. The molecule has 0 bridgehead atoms. The second-order valence-electron chi connectivity index (χ2n) is 3.56. The summed E-state index contributed by atoms with van der Waals surface area (Å²) in [6, 6.07) is 0. The van der Waals surface area contributed by atoms with Gasteiger partial charge in [0.15, 0.2) is 0 Å². The highest BCUT2D eigenvalue weighted by atomic mass is 32.2. The molecule has 8 heteroatoms. The smallest absolute Gasteiger partial charge is 0.244 e. The van der Waals surface area contributed by atoms with Gasteiger partial charge in [-0.1, -0.05) is 0 Å². The first kappa shape index (κ1) is 13.1. The molecule has 0 saturated carbocycles. The number of aromatic amines is 1. The van der Waals surface area contributed by atoms with E-state index >= 15 is 0 Å². The number of nitrogens with one attached hydrogen (secondary N) is 2. The van der Waals surface area contributed by atoms with Crippen molar-refractivity contribution in [3.05, 3.63) is 11.4 Å². The van der Waals surface area contributed by atoms with Crippen molar-refractivity contribution < 1.29 is 13.3 Å². The first-order chi connectivity index (χ1) is 7.38. The summed E-state index contributed by atoms with van der Waals surface area (Å²) < 4.78 is 26.2. The second kappa shape index (κ2) is 4.91. The molecule has 0 aliphatic rings. The molecule has 16 heavy (non-hydrogen) atoms. The van der Waals surface area contributed by atoms with Crippen LogP contribution in [0, 0.1) is 13.8 Å². The number of sulfonamides is 1. The fraction of sp³-hybridized carbons (Fsp3) is 0.625. The summed E-state index contributed by atoms with van der Waals surface area (Å²) in [4.78, 5) is 4.65. The fourth-order valence-corrected chi connectivity index (χ4v) is 2.77. The highest BCUT2D eigenvalue weighted by molar-refractivity contribution is 7.89. The van der Waals surface area contributed by atoms with Crippen molar-refractivity contribution in [3.8, 4) is 0 Å². The van der Waals surface area contributed by atoms with Crippen molar-refractivity contribution in [1.82, 2.24) is 14.9 Å². The van der Waals surface area contributed by atoms with Crippen LogP contribution in [0.3, 0.4) is 0 Å². The van der Waals surface area contributed by atoms with E-state index in [0.717, 1.165) is 0 Å². The Hall–Kier alpha value is -0.960. The van der Waals surface area contributed by atoms with Gasteiger partial charge in [-0.05, 0) is 20.8 Å². The van der Waals surface area contributed by atoms with Crippen LogP contribution in [-0.4, -0.2) is 31.3 Å². The molecule has 1 aromatic rings. The Labute approximate surface area is 94.4 Å². The van der Waals surface area contributed by atoms with Crippen LogP contribution < -0.4 is 10.6 Å². The summed E-state index contributed by atoms with van der Waals surface area (Å²) in [5.74, 6) is 4.93. The quantitative estimate of drug-likeness (QED) is 0.613. The van der Waals surface area contributed by atoms with Gasteiger partial charge in [0.25, 0.3) is 0 Å². The van der Waals surface area contributed by atoms with Gasteiger partial charge >= 0.3 is 0 Å². The van der Waals surface area contributed by atoms with Crippen LogP contribution in [0.5, 0.6) is 0 Å². The van der Waals surface area contributed by atoms with E-state index in [1.165, 1.54) is 0 Å². The number of H-pyrrole nitrogens is 1. The minimum Gasteiger partial charge on any atom is -0.300 e. The van der Waals surface area contributed by atoms with Crippen molar-refractivity contribution in [2.45, 2.75) is 31.8 Å². The fourth-order valence-electron chi connectivity index (χ4n) is 1.28. The van der Waals surface area contributed by atoms with Gasteiger partial charge in [0.05, 0.1) is 17.5 Å². The van der Waals surface area contributed by atoms with Crippen LogP contribution in [0.15, 0.2) is 4.90 Å². The molecule has 7 nitrogen and oxygen atoms in total. The van der Waals surface area contributed by atoms with E-state index in [0.29, 0.717) is 11.4 Å². The molecule has 0 radical (unpaired) electrons. The third-order valence-corrected chi connectivity index (χ3v) is 3.81. The molecule has 0 spiro atoms. The predicted octanol–water partition coefficient (Wildman–Crippen LogP) is -0.416. The molecule has 1 atom stereocenters. The first-order valence-electron chi connectivity index (χ1n) is 4.75. The van der Waals surface area contributed by atoms with Crippen molar-refractivity contribution >= 4 is 10.0 Å². The monoisotopic (exact) mass is 248 g/mol. The molecule has 1 unspecified atom stereocenters. The Morgan fingerprint density at radius 3 is 2.62 bits per heavy atom. The lowest BCUT2D eigenvalue weighted by Gasteiger charge is -2.10. The normalized spacial score (nSPS) is 14.0. The standard InChI is InChI=1S/C8H16N4O3S/c1-5(15-9)4-10-16(13,14)8-6(2)11-12-7(8)3/h5,10H,4,9H2,1-3H3,(H,11,12). The van der Waals surface area contributed by atoms with Crippen molar-refractivity contribution in [1.29, 1.82) is 0 Å². The zero-order valence-electron chi connectivity index (χ0n) is 9.44. The number of rotatable bonds is 5. The van der Waals surface area contributed by atoms with Crippen LogP contribution in [0.2, 0.25) is 0 Å². The van der Waals surface area contributed by atoms with Crippen molar-refractivity contribution in [2.75, 3.05) is 6.54 Å². The highest BCUT2D eigenvalue weighted by Gasteiger charge is 2.22. The summed E-state index contributed by atoms with van der Waals surface area (Å²) in [5, 5.41) is 6.45. The molecule has 0 aliphatic heterocycles. The van der Waals surface area contributed by atoms with Crippen LogP contribution in [-0.2, 0) is 14.9 Å². The number of hydrogen-bond acceptors (Lipinski definition) is 5. The van der Waals surface area contributed by atoms with Gasteiger partial charge in [0, 0.05) is 6.54 Å². The molecular formula is C8H16N4O3S. The van der Waals surface area contributed by atoms with Gasteiger partial charge < -0.3 is 4.84 Å². The van der Waals surface area contributed by atoms with Crippen LogP contribution in [0.1, 0.15) is 18.3 Å². The van der Waals surface area contributed by atoms with E-state index in [2.05, 4.69) is 19.8 Å². The van der Waals surface area contributed by atoms with Gasteiger partial charge in [-0.2, -0.15) is 5.10 Å². The van der Waals surface area contributed by atoms with E-state index in [9.17, 15) is 8.42 Å². The number of nitrogens with two attached hydrogens (primary N) is 1. The maximum atomic E-state index is 11.9. The largest absolute Gasteiger partial charge is 0.300 e. The lowest BCUT2D eigenvalue weighted by Crippen LogP contribution is -2.33. The highest BCUT2D eigenvalue weighted by Crippen LogP contribution is 2.15. The third kappa shape index (κ3) is 2.79. The average Bonchev–Trinajstić information content (AvgIpc) is 2.55. The Balaban J connectivity index is 2.87. The molecule has 4 N–H and O–H groups in total. The van der Waals surface area contributed by atoms with Gasteiger partial charge in [0.2, 0.25) is 10.0 Å². The lowest BCUT2D eigenvalue weighted by atomic mass is 10.4. The molecule has 1 rings (SSSR count). The predicted molar refractivity (Wildman–Crippen MR) is 58.0 cm³/mol. The maximum Gasteiger partial charge on any atom is 0.244 e. The first-order valence-corrected chi connectivity index (χ1v) is 6.23. The summed E-state index contributed by atoms with van der Waals surface area (Å²) in [7, 11) is -3.56. The molecular weight excluding hydrogens is 232 g/mol. The summed E-state index contributed by atoms with van der Waals surface area (Å²) >= 11 is 0. The average molecular weight is 248 g/mol. The maximum absolute atomic E-state index is 11.9. The van der Waals surface area contributed by atoms with Crippen molar-refractivity contribution in [3.63, 3.8) is 0 Å². The Kier molecular flexibility index (Phi) is 4.03. The zero-order chi connectivity index (χ0) is 12.3. The van der Waals surface area contributed by atoms with Crippen molar-refractivity contribution in [2.24, 2.45) is 5.90 Å². The summed E-state index contributed by atoms with van der Waals surface area (Å²) in [5.41, 5.74) is 0.942. The number of nitrogens with zero attached hydrogens (tertiary/aromatic N) is 1. The molecule has 92 valence electrons. The molecule has 0 aromatic carbocycles. The van der Waals surface area contributed by atoms with Gasteiger partial charge in [-0.15, -0.1) is 0 Å².